The fourth-order valence-corrected chi connectivity index (χ4v) is 4.70. The average Bonchev–Trinajstić information content (AvgIpc) is 3.18. The van der Waals surface area contributed by atoms with Gasteiger partial charge in [0.2, 0.25) is 0 Å². The number of nitrogens with one attached hydrogen (secondary N) is 1. The summed E-state index contributed by atoms with van der Waals surface area (Å²) in [6, 6.07) is 7.98. The van der Waals surface area contributed by atoms with Gasteiger partial charge in [0.05, 0.1) is 18.2 Å². The van der Waals surface area contributed by atoms with Crippen LogP contribution in [0, 0.1) is 11.2 Å². The van der Waals surface area contributed by atoms with E-state index >= 15 is 0 Å². The number of anilines is 1. The summed E-state index contributed by atoms with van der Waals surface area (Å²) in [5, 5.41) is 23.6. The molecule has 4 rings (SSSR count). The molecule has 3 heterocycles. The molecule has 1 atom stereocenters. The summed E-state index contributed by atoms with van der Waals surface area (Å²) in [5.41, 5.74) is 2.41. The molecular weight excluding hydrogens is 471 g/mol. The smallest absolute Gasteiger partial charge is 0.270 e. The first-order chi connectivity index (χ1) is 16.6. The van der Waals surface area contributed by atoms with Crippen LogP contribution in [0.15, 0.2) is 42.7 Å². The molecule has 0 aliphatic carbocycles. The van der Waals surface area contributed by atoms with Crippen molar-refractivity contribution in [2.45, 2.75) is 46.5 Å². The van der Waals surface area contributed by atoms with Crippen LogP contribution in [0.1, 0.15) is 42.4 Å². The van der Waals surface area contributed by atoms with Crippen LogP contribution in [-0.4, -0.2) is 49.8 Å². The van der Waals surface area contributed by atoms with Gasteiger partial charge in [0, 0.05) is 54.6 Å². The Balaban J connectivity index is 1.74. The normalized spacial score (nSPS) is 18.1. The van der Waals surface area contributed by atoms with E-state index in [-0.39, 0.29) is 38.3 Å². The molecule has 186 valence electrons. The Labute approximate surface area is 209 Å². The third kappa shape index (κ3) is 5.34. The van der Waals surface area contributed by atoms with Crippen molar-refractivity contribution in [3.05, 3.63) is 70.4 Å². The van der Waals surface area contributed by atoms with E-state index in [1.165, 1.54) is 18.2 Å². The van der Waals surface area contributed by atoms with E-state index < -0.39 is 11.2 Å². The van der Waals surface area contributed by atoms with Crippen molar-refractivity contribution >= 4 is 23.3 Å². The minimum atomic E-state index is -0.629. The number of aromatic nitrogens is 2. The van der Waals surface area contributed by atoms with E-state index in [2.05, 4.69) is 10.3 Å². The molecule has 0 fully saturated rings. The molecule has 0 saturated heterocycles. The van der Waals surface area contributed by atoms with Crippen LogP contribution in [0.25, 0.3) is 11.1 Å². The van der Waals surface area contributed by atoms with Crippen LogP contribution in [0.4, 0.5) is 10.2 Å². The molecule has 1 aromatic carbocycles. The van der Waals surface area contributed by atoms with Gasteiger partial charge in [0.25, 0.3) is 5.91 Å². The summed E-state index contributed by atoms with van der Waals surface area (Å²) in [6.07, 6.45) is 3.45. The maximum absolute atomic E-state index is 14.0. The molecule has 3 N–H and O–H groups in total. The fourth-order valence-electron chi connectivity index (χ4n) is 4.49. The minimum absolute atomic E-state index is 0.112. The summed E-state index contributed by atoms with van der Waals surface area (Å²) >= 11 is 6.47. The Morgan fingerprint density at radius 3 is 2.66 bits per heavy atom. The number of rotatable bonds is 7. The molecule has 1 unspecified atom stereocenters. The van der Waals surface area contributed by atoms with Gasteiger partial charge < -0.3 is 25.0 Å². The quantitative estimate of drug-likeness (QED) is 0.450. The number of nitrogens with zero attached hydrogens (tertiary/aromatic N) is 3. The van der Waals surface area contributed by atoms with Gasteiger partial charge in [0.15, 0.2) is 0 Å². The molecule has 3 aromatic rings. The average molecular weight is 501 g/mol. The maximum Gasteiger partial charge on any atom is 0.270 e. The highest BCUT2D eigenvalue weighted by Gasteiger charge is 2.36. The summed E-state index contributed by atoms with van der Waals surface area (Å²) in [4.78, 5) is 19.6. The van der Waals surface area contributed by atoms with Gasteiger partial charge in [-0.25, -0.2) is 9.37 Å². The van der Waals surface area contributed by atoms with Crippen LogP contribution in [0.3, 0.4) is 0 Å². The van der Waals surface area contributed by atoms with Crippen molar-refractivity contribution in [3.8, 4) is 11.1 Å². The molecule has 1 aliphatic heterocycles. The number of aliphatic hydroxyl groups excluding tert-OH is 2. The lowest BCUT2D eigenvalue weighted by molar-refractivity contribution is 0.0559. The van der Waals surface area contributed by atoms with Gasteiger partial charge in [-0.3, -0.25) is 4.79 Å². The van der Waals surface area contributed by atoms with E-state index in [9.17, 15) is 19.4 Å². The molecule has 2 aromatic heterocycles. The van der Waals surface area contributed by atoms with Gasteiger partial charge in [-0.15, -0.1) is 0 Å². The molecule has 9 heteroatoms. The topological polar surface area (TPSA) is 90.6 Å². The summed E-state index contributed by atoms with van der Waals surface area (Å²) < 4.78 is 15.8. The number of amides is 1. The number of halogens is 2. The number of aliphatic hydroxyl groups is 2. The molecule has 1 amide bonds. The third-order valence-electron chi connectivity index (χ3n) is 6.21. The Hall–Kier alpha value is -2.94. The van der Waals surface area contributed by atoms with E-state index in [1.54, 1.807) is 17.2 Å². The molecule has 0 spiro atoms. The summed E-state index contributed by atoms with van der Waals surface area (Å²) in [7, 11) is 0. The Morgan fingerprint density at radius 2 is 1.97 bits per heavy atom. The van der Waals surface area contributed by atoms with Crippen molar-refractivity contribution in [2.75, 3.05) is 18.5 Å². The van der Waals surface area contributed by atoms with Crippen LogP contribution in [0.2, 0.25) is 5.02 Å². The molecule has 35 heavy (non-hydrogen) atoms. The largest absolute Gasteiger partial charge is 0.396 e. The van der Waals surface area contributed by atoms with Crippen LogP contribution in [-0.2, 0) is 19.7 Å². The molecular formula is C26H30ClFN4O3. The number of hydrogen-bond acceptors (Lipinski definition) is 5. The number of fused-ring (bicyclic) bond motifs is 1. The van der Waals surface area contributed by atoms with E-state index in [0.717, 1.165) is 11.1 Å². The SMILES string of the molecule is CC(C)Nc1cc(-c2cc3n(c2)CC(C)(CO)CN(Cc2cc(F)ccc2CO)C3=O)c(Cl)cn1. The van der Waals surface area contributed by atoms with Gasteiger partial charge in [-0.05, 0) is 49.2 Å². The second-order valence-corrected chi connectivity index (χ2v) is 10.2. The van der Waals surface area contributed by atoms with Gasteiger partial charge in [-0.2, -0.15) is 0 Å². The second kappa shape index (κ2) is 9.97. The van der Waals surface area contributed by atoms with E-state index in [1.807, 2.05) is 37.6 Å². The van der Waals surface area contributed by atoms with Crippen molar-refractivity contribution in [3.63, 3.8) is 0 Å². The zero-order valence-electron chi connectivity index (χ0n) is 20.1. The van der Waals surface area contributed by atoms with Gasteiger partial charge in [0.1, 0.15) is 17.3 Å². The Bertz CT molecular complexity index is 1250. The zero-order chi connectivity index (χ0) is 25.3. The van der Waals surface area contributed by atoms with Crippen LogP contribution < -0.4 is 5.32 Å². The predicted molar refractivity (Wildman–Crippen MR) is 134 cm³/mol. The third-order valence-corrected chi connectivity index (χ3v) is 6.51. The first kappa shape index (κ1) is 25.2. The Kier molecular flexibility index (Phi) is 7.17. The van der Waals surface area contributed by atoms with E-state index in [0.29, 0.717) is 34.2 Å². The lowest BCUT2D eigenvalue weighted by atomic mass is 9.91. The molecule has 0 saturated carbocycles. The molecule has 0 bridgehead atoms. The predicted octanol–water partition coefficient (Wildman–Crippen LogP) is 4.31. The maximum atomic E-state index is 14.0. The molecule has 7 nitrogen and oxygen atoms in total. The van der Waals surface area contributed by atoms with Crippen molar-refractivity contribution in [1.29, 1.82) is 0 Å². The van der Waals surface area contributed by atoms with Crippen molar-refractivity contribution < 1.29 is 19.4 Å². The monoisotopic (exact) mass is 500 g/mol. The number of carbonyl (C=O) groups excluding carboxylic acids is 1. The minimum Gasteiger partial charge on any atom is -0.396 e. The van der Waals surface area contributed by atoms with Crippen molar-refractivity contribution in [2.24, 2.45) is 5.41 Å². The van der Waals surface area contributed by atoms with Gasteiger partial charge in [-0.1, -0.05) is 24.6 Å². The van der Waals surface area contributed by atoms with Crippen LogP contribution in [0.5, 0.6) is 0 Å². The summed E-state index contributed by atoms with van der Waals surface area (Å²) in [6.45, 7) is 6.34. The zero-order valence-corrected chi connectivity index (χ0v) is 20.8. The molecule has 1 aliphatic rings. The highest BCUT2D eigenvalue weighted by molar-refractivity contribution is 6.33. The summed E-state index contributed by atoms with van der Waals surface area (Å²) in [5.74, 6) is -0.00273. The number of hydrogen-bond donors (Lipinski definition) is 3. The van der Waals surface area contributed by atoms with Crippen molar-refractivity contribution in [1.82, 2.24) is 14.5 Å². The highest BCUT2D eigenvalue weighted by atomic mass is 35.5. The number of carbonyl (C=O) groups is 1. The first-order valence-corrected chi connectivity index (χ1v) is 11.9. The second-order valence-electron chi connectivity index (χ2n) is 9.79. The standard InChI is InChI=1S/C26H30ClFN4O3/c1-16(2)30-24-8-21(22(27)9-29-24)19-7-23-25(35)32(14-26(3,15-34)13-31(23)11-19)10-18-6-20(28)5-4-17(18)12-33/h4-9,11,16,33-34H,10,12-15H2,1-3H3,(H,29,30). The highest BCUT2D eigenvalue weighted by Crippen LogP contribution is 2.35. The molecule has 0 radical (unpaired) electrons. The number of benzene rings is 1. The van der Waals surface area contributed by atoms with E-state index in [4.69, 9.17) is 11.6 Å². The van der Waals surface area contributed by atoms with Gasteiger partial charge >= 0.3 is 0 Å². The number of pyridine rings is 1. The first-order valence-electron chi connectivity index (χ1n) is 11.5. The Morgan fingerprint density at radius 1 is 1.20 bits per heavy atom. The lowest BCUT2D eigenvalue weighted by Crippen LogP contribution is -2.40. The fraction of sp³-hybridized carbons (Fsp3) is 0.385. The van der Waals surface area contributed by atoms with Crippen LogP contribution >= 0.6 is 11.6 Å². The lowest BCUT2D eigenvalue weighted by Gasteiger charge is -2.31.